The summed E-state index contributed by atoms with van der Waals surface area (Å²) in [5, 5.41) is 2.90. The van der Waals surface area contributed by atoms with Crippen LogP contribution in [0.1, 0.15) is 24.5 Å². The fraction of sp³-hybridized carbons (Fsp3) is 0.632. The summed E-state index contributed by atoms with van der Waals surface area (Å²) in [7, 11) is -3.60. The highest BCUT2D eigenvalue weighted by atomic mass is 32.2. The highest BCUT2D eigenvalue weighted by Crippen LogP contribution is 2.25. The van der Waals surface area contributed by atoms with Crippen molar-refractivity contribution < 1.29 is 17.9 Å². The molecule has 1 atom stereocenters. The van der Waals surface area contributed by atoms with Gasteiger partial charge in [-0.1, -0.05) is 13.0 Å². The van der Waals surface area contributed by atoms with Crippen molar-refractivity contribution in [2.45, 2.75) is 33.2 Å². The van der Waals surface area contributed by atoms with Gasteiger partial charge in [0.05, 0.1) is 25.2 Å². The lowest BCUT2D eigenvalue weighted by molar-refractivity contribution is -0.122. The molecule has 0 radical (unpaired) electrons. The quantitative estimate of drug-likeness (QED) is 0.715. The number of morpholine rings is 1. The van der Waals surface area contributed by atoms with Gasteiger partial charge in [-0.05, 0) is 43.5 Å². The van der Waals surface area contributed by atoms with Crippen LogP contribution in [0.2, 0.25) is 0 Å². The minimum Gasteiger partial charge on any atom is -0.379 e. The third kappa shape index (κ3) is 5.92. The molecule has 1 aromatic carbocycles. The lowest BCUT2D eigenvalue weighted by Gasteiger charge is -2.31. The van der Waals surface area contributed by atoms with Crippen molar-refractivity contribution in [3.63, 3.8) is 0 Å². The standard InChI is InChI=1S/C19H31N3O4S/c1-5-18(19(23)20-8-9-21-10-12-26-13-11-21)22(27(4,24)25)17-7-6-15(2)16(3)14-17/h6-7,14,18H,5,8-13H2,1-4H3,(H,20,23)/t18-/m0/s1. The second-order valence-corrected chi connectivity index (χ2v) is 8.86. The Morgan fingerprint density at radius 3 is 2.48 bits per heavy atom. The molecule has 0 saturated carbocycles. The van der Waals surface area contributed by atoms with E-state index in [1.165, 1.54) is 4.31 Å². The van der Waals surface area contributed by atoms with Crippen molar-refractivity contribution in [2.24, 2.45) is 0 Å². The first-order valence-corrected chi connectivity index (χ1v) is 11.2. The molecule has 1 aliphatic heterocycles. The summed E-state index contributed by atoms with van der Waals surface area (Å²) >= 11 is 0. The summed E-state index contributed by atoms with van der Waals surface area (Å²) in [5.41, 5.74) is 2.59. The Bertz CT molecular complexity index is 745. The largest absolute Gasteiger partial charge is 0.379 e. The van der Waals surface area contributed by atoms with Gasteiger partial charge in [-0.2, -0.15) is 0 Å². The third-order valence-corrected chi connectivity index (χ3v) is 6.09. The van der Waals surface area contributed by atoms with Gasteiger partial charge in [-0.3, -0.25) is 14.0 Å². The fourth-order valence-electron chi connectivity index (χ4n) is 3.20. The molecule has 0 aromatic heterocycles. The van der Waals surface area contributed by atoms with E-state index in [1.54, 1.807) is 6.07 Å². The monoisotopic (exact) mass is 397 g/mol. The molecule has 7 nitrogen and oxygen atoms in total. The van der Waals surface area contributed by atoms with E-state index in [4.69, 9.17) is 4.74 Å². The van der Waals surface area contributed by atoms with E-state index in [1.807, 2.05) is 32.9 Å². The maximum Gasteiger partial charge on any atom is 0.243 e. The molecule has 0 aliphatic carbocycles. The molecule has 0 spiro atoms. The number of sulfonamides is 1. The van der Waals surface area contributed by atoms with Gasteiger partial charge >= 0.3 is 0 Å². The lowest BCUT2D eigenvalue weighted by Crippen LogP contribution is -2.51. The molecule has 2 rings (SSSR count). The molecule has 0 unspecified atom stereocenters. The lowest BCUT2D eigenvalue weighted by atomic mass is 10.1. The zero-order valence-electron chi connectivity index (χ0n) is 16.7. The van der Waals surface area contributed by atoms with Crippen molar-refractivity contribution in [3.05, 3.63) is 29.3 Å². The van der Waals surface area contributed by atoms with Crippen LogP contribution in [-0.2, 0) is 19.6 Å². The Morgan fingerprint density at radius 1 is 1.26 bits per heavy atom. The molecule has 1 aromatic rings. The van der Waals surface area contributed by atoms with E-state index in [9.17, 15) is 13.2 Å². The van der Waals surface area contributed by atoms with Gasteiger partial charge in [0.2, 0.25) is 15.9 Å². The van der Waals surface area contributed by atoms with Crippen LogP contribution in [0.4, 0.5) is 5.69 Å². The highest BCUT2D eigenvalue weighted by molar-refractivity contribution is 7.92. The molecule has 1 aliphatic rings. The molecular weight excluding hydrogens is 366 g/mol. The molecule has 0 bridgehead atoms. The van der Waals surface area contributed by atoms with E-state index < -0.39 is 16.1 Å². The summed E-state index contributed by atoms with van der Waals surface area (Å²) in [6.07, 6.45) is 1.54. The topological polar surface area (TPSA) is 79.0 Å². The molecule has 1 saturated heterocycles. The number of rotatable bonds is 8. The van der Waals surface area contributed by atoms with E-state index in [0.717, 1.165) is 37.0 Å². The maximum atomic E-state index is 12.8. The number of benzene rings is 1. The van der Waals surface area contributed by atoms with Gasteiger partial charge in [0.1, 0.15) is 6.04 Å². The Morgan fingerprint density at radius 2 is 1.93 bits per heavy atom. The minimum atomic E-state index is -3.60. The number of ether oxygens (including phenoxy) is 1. The van der Waals surface area contributed by atoms with Crippen LogP contribution < -0.4 is 9.62 Å². The number of aryl methyl sites for hydroxylation is 2. The Kier molecular flexibility index (Phi) is 7.64. The smallest absolute Gasteiger partial charge is 0.243 e. The average molecular weight is 398 g/mol. The van der Waals surface area contributed by atoms with Crippen molar-refractivity contribution in [1.82, 2.24) is 10.2 Å². The number of anilines is 1. The van der Waals surface area contributed by atoms with Crippen LogP contribution in [0, 0.1) is 13.8 Å². The van der Waals surface area contributed by atoms with Gasteiger partial charge in [-0.25, -0.2) is 8.42 Å². The first kappa shape index (κ1) is 21.7. The fourth-order valence-corrected chi connectivity index (χ4v) is 4.41. The van der Waals surface area contributed by atoms with Gasteiger partial charge in [0, 0.05) is 26.2 Å². The summed E-state index contributed by atoms with van der Waals surface area (Å²) in [6, 6.07) is 4.69. The van der Waals surface area contributed by atoms with Crippen molar-refractivity contribution in [2.75, 3.05) is 50.0 Å². The number of nitrogens with zero attached hydrogens (tertiary/aromatic N) is 2. The van der Waals surface area contributed by atoms with Crippen molar-refractivity contribution in [1.29, 1.82) is 0 Å². The van der Waals surface area contributed by atoms with Crippen molar-refractivity contribution in [3.8, 4) is 0 Å². The van der Waals surface area contributed by atoms with E-state index in [-0.39, 0.29) is 5.91 Å². The van der Waals surface area contributed by atoms with Crippen LogP contribution in [-0.4, -0.2) is 70.9 Å². The molecule has 1 amide bonds. The Hall–Kier alpha value is -1.64. The predicted octanol–water partition coefficient (Wildman–Crippen LogP) is 1.30. The van der Waals surface area contributed by atoms with Crippen LogP contribution in [0.25, 0.3) is 0 Å². The molecule has 8 heteroatoms. The number of amides is 1. The summed E-state index contributed by atoms with van der Waals surface area (Å²) < 4.78 is 31.5. The van der Waals surface area contributed by atoms with Crippen LogP contribution in [0.3, 0.4) is 0 Å². The number of carbonyl (C=O) groups excluding carboxylic acids is 1. The summed E-state index contributed by atoms with van der Waals surface area (Å²) in [4.78, 5) is 15.0. The van der Waals surface area contributed by atoms with E-state index in [0.29, 0.717) is 31.9 Å². The molecule has 152 valence electrons. The summed E-state index contributed by atoms with van der Waals surface area (Å²) in [5.74, 6) is -0.269. The number of hydrogen-bond acceptors (Lipinski definition) is 5. The minimum absolute atomic E-state index is 0.269. The number of carbonyl (C=O) groups is 1. The number of nitrogens with one attached hydrogen (secondary N) is 1. The predicted molar refractivity (Wildman–Crippen MR) is 108 cm³/mol. The first-order chi connectivity index (χ1) is 12.7. The highest BCUT2D eigenvalue weighted by Gasteiger charge is 2.31. The van der Waals surface area contributed by atoms with Gasteiger partial charge in [-0.15, -0.1) is 0 Å². The summed E-state index contributed by atoms with van der Waals surface area (Å²) in [6.45, 7) is 10.1. The first-order valence-electron chi connectivity index (χ1n) is 9.38. The zero-order chi connectivity index (χ0) is 20.0. The van der Waals surface area contributed by atoms with E-state index >= 15 is 0 Å². The van der Waals surface area contributed by atoms with Gasteiger partial charge in [0.15, 0.2) is 0 Å². The van der Waals surface area contributed by atoms with Crippen molar-refractivity contribution >= 4 is 21.6 Å². The molecular formula is C19H31N3O4S. The van der Waals surface area contributed by atoms with Crippen LogP contribution in [0.15, 0.2) is 18.2 Å². The van der Waals surface area contributed by atoms with E-state index in [2.05, 4.69) is 10.2 Å². The molecule has 27 heavy (non-hydrogen) atoms. The molecule has 1 N–H and O–H groups in total. The van der Waals surface area contributed by atoms with Gasteiger partial charge < -0.3 is 10.1 Å². The third-order valence-electron chi connectivity index (χ3n) is 4.91. The van der Waals surface area contributed by atoms with Crippen LogP contribution >= 0.6 is 0 Å². The Balaban J connectivity index is 2.11. The van der Waals surface area contributed by atoms with Crippen LogP contribution in [0.5, 0.6) is 0 Å². The molecule has 1 fully saturated rings. The maximum absolute atomic E-state index is 12.8. The molecule has 1 heterocycles. The normalized spacial score (nSPS) is 16.7. The zero-order valence-corrected chi connectivity index (χ0v) is 17.5. The Labute approximate surface area is 162 Å². The second kappa shape index (κ2) is 9.52. The second-order valence-electron chi connectivity index (χ2n) is 7.00. The average Bonchev–Trinajstić information content (AvgIpc) is 2.62. The number of hydrogen-bond donors (Lipinski definition) is 1. The van der Waals surface area contributed by atoms with Gasteiger partial charge in [0.25, 0.3) is 0 Å². The SMILES string of the molecule is CC[C@@H](C(=O)NCCN1CCOCC1)N(c1ccc(C)c(C)c1)S(C)(=O)=O.